The van der Waals surface area contributed by atoms with Crippen LogP contribution in [0.15, 0.2) is 12.1 Å². The van der Waals surface area contributed by atoms with Crippen molar-refractivity contribution in [1.82, 2.24) is 0 Å². The quantitative estimate of drug-likeness (QED) is 0.568. The Morgan fingerprint density at radius 3 is 2.33 bits per heavy atom. The fourth-order valence-corrected chi connectivity index (χ4v) is 2.35. The number of aryl methyl sites for hydroxylation is 3. The third-order valence-electron chi connectivity index (χ3n) is 2.58. The Labute approximate surface area is 96.5 Å². The van der Waals surface area contributed by atoms with Crippen LogP contribution in [0.25, 0.3) is 0 Å². The Morgan fingerprint density at radius 2 is 1.80 bits per heavy atom. The zero-order valence-corrected chi connectivity index (χ0v) is 10.4. The molecule has 0 amide bonds. The number of thiocyanates is 1. The number of nitrogens with zero attached hydrogens (tertiary/aromatic N) is 1. The van der Waals surface area contributed by atoms with Crippen molar-refractivity contribution in [1.29, 1.82) is 5.26 Å². The van der Waals surface area contributed by atoms with E-state index in [0.29, 0.717) is 0 Å². The molecular formula is C13H17NS. The first kappa shape index (κ1) is 12.1. The van der Waals surface area contributed by atoms with E-state index in [-0.39, 0.29) is 0 Å². The van der Waals surface area contributed by atoms with Gasteiger partial charge in [0.05, 0.1) is 0 Å². The molecule has 1 rings (SSSR count). The summed E-state index contributed by atoms with van der Waals surface area (Å²) in [5.74, 6) is 0.934. The molecule has 2 heteroatoms. The summed E-state index contributed by atoms with van der Waals surface area (Å²) in [5, 5.41) is 10.5. The van der Waals surface area contributed by atoms with Gasteiger partial charge in [0.1, 0.15) is 5.40 Å². The topological polar surface area (TPSA) is 23.8 Å². The maximum absolute atomic E-state index is 8.42. The summed E-state index contributed by atoms with van der Waals surface area (Å²) in [6.07, 6.45) is 2.18. The molecule has 0 atom stereocenters. The molecule has 0 fully saturated rings. The van der Waals surface area contributed by atoms with Crippen molar-refractivity contribution >= 4 is 11.8 Å². The molecule has 1 aromatic carbocycles. The number of hydrogen-bond donors (Lipinski definition) is 0. The average Bonchev–Trinajstić information content (AvgIpc) is 2.15. The predicted octanol–water partition coefficient (Wildman–Crippen LogP) is 3.76. The van der Waals surface area contributed by atoms with Crippen molar-refractivity contribution < 1.29 is 0 Å². The van der Waals surface area contributed by atoms with E-state index in [1.165, 1.54) is 34.0 Å². The highest BCUT2D eigenvalue weighted by molar-refractivity contribution is 8.03. The molecule has 0 aromatic heterocycles. The predicted molar refractivity (Wildman–Crippen MR) is 67.0 cm³/mol. The molecule has 0 unspecified atom stereocenters. The Kier molecular flexibility index (Phi) is 4.71. The van der Waals surface area contributed by atoms with Gasteiger partial charge in [0.25, 0.3) is 0 Å². The number of benzene rings is 1. The lowest BCUT2D eigenvalue weighted by molar-refractivity contribution is 0.913. The lowest BCUT2D eigenvalue weighted by Crippen LogP contribution is -1.96. The Morgan fingerprint density at radius 1 is 1.20 bits per heavy atom. The van der Waals surface area contributed by atoms with Crippen LogP contribution in [-0.4, -0.2) is 5.75 Å². The van der Waals surface area contributed by atoms with Crippen molar-refractivity contribution in [2.45, 2.75) is 33.6 Å². The molecular weight excluding hydrogens is 202 g/mol. The van der Waals surface area contributed by atoms with E-state index in [4.69, 9.17) is 5.26 Å². The number of nitriles is 1. The van der Waals surface area contributed by atoms with Crippen LogP contribution >= 0.6 is 11.8 Å². The van der Waals surface area contributed by atoms with Crippen molar-refractivity contribution in [2.75, 3.05) is 5.75 Å². The van der Waals surface area contributed by atoms with Crippen LogP contribution in [0.3, 0.4) is 0 Å². The summed E-state index contributed by atoms with van der Waals surface area (Å²) in [4.78, 5) is 0. The molecule has 0 aliphatic rings. The maximum atomic E-state index is 8.42. The van der Waals surface area contributed by atoms with E-state index < -0.39 is 0 Å². The Balaban J connectivity index is 2.65. The molecule has 0 heterocycles. The van der Waals surface area contributed by atoms with Crippen molar-refractivity contribution in [3.63, 3.8) is 0 Å². The molecule has 0 aliphatic carbocycles. The number of rotatable bonds is 4. The normalized spacial score (nSPS) is 10.0. The molecule has 0 saturated heterocycles. The van der Waals surface area contributed by atoms with E-state index in [9.17, 15) is 0 Å². The second kappa shape index (κ2) is 5.82. The largest absolute Gasteiger partial charge is 0.185 e. The first-order chi connectivity index (χ1) is 7.15. The minimum atomic E-state index is 0.934. The van der Waals surface area contributed by atoms with Gasteiger partial charge in [-0.15, -0.1) is 0 Å². The molecule has 1 nitrogen and oxygen atoms in total. The SMILES string of the molecule is Cc1cc(C)c(CCCSC#N)c(C)c1. The Hall–Kier alpha value is -0.940. The zero-order valence-electron chi connectivity index (χ0n) is 9.63. The molecule has 0 saturated carbocycles. The van der Waals surface area contributed by atoms with E-state index in [1.807, 2.05) is 0 Å². The number of thioether (sulfide) groups is 1. The first-order valence-electron chi connectivity index (χ1n) is 5.22. The molecule has 1 aromatic rings. The minimum Gasteiger partial charge on any atom is -0.185 e. The highest BCUT2D eigenvalue weighted by atomic mass is 32.2. The van der Waals surface area contributed by atoms with Crippen LogP contribution in [0, 0.1) is 31.4 Å². The van der Waals surface area contributed by atoms with Gasteiger partial charge in [-0.1, -0.05) is 17.7 Å². The van der Waals surface area contributed by atoms with Gasteiger partial charge in [0.15, 0.2) is 0 Å². The molecule has 80 valence electrons. The molecule has 15 heavy (non-hydrogen) atoms. The Bertz CT molecular complexity index is 354. The van der Waals surface area contributed by atoms with Gasteiger partial charge in [0.2, 0.25) is 0 Å². The monoisotopic (exact) mass is 219 g/mol. The van der Waals surface area contributed by atoms with Crippen molar-refractivity contribution in [3.05, 3.63) is 34.4 Å². The third kappa shape index (κ3) is 3.60. The van der Waals surface area contributed by atoms with Gasteiger partial charge >= 0.3 is 0 Å². The summed E-state index contributed by atoms with van der Waals surface area (Å²) in [6, 6.07) is 4.47. The molecule has 0 bridgehead atoms. The zero-order chi connectivity index (χ0) is 11.3. The third-order valence-corrected chi connectivity index (χ3v) is 3.20. The molecule has 0 radical (unpaired) electrons. The molecule has 0 spiro atoms. The first-order valence-corrected chi connectivity index (χ1v) is 6.21. The highest BCUT2D eigenvalue weighted by Crippen LogP contribution is 2.18. The lowest BCUT2D eigenvalue weighted by atomic mass is 9.96. The number of hydrogen-bond acceptors (Lipinski definition) is 2. The second-order valence-electron chi connectivity index (χ2n) is 3.92. The van der Waals surface area contributed by atoms with Gasteiger partial charge in [-0.25, -0.2) is 0 Å². The van der Waals surface area contributed by atoms with E-state index in [1.54, 1.807) is 0 Å². The van der Waals surface area contributed by atoms with Crippen LogP contribution in [-0.2, 0) is 6.42 Å². The average molecular weight is 219 g/mol. The van der Waals surface area contributed by atoms with Gasteiger partial charge in [0, 0.05) is 5.75 Å². The summed E-state index contributed by atoms with van der Waals surface area (Å²) in [6.45, 7) is 6.48. The fraction of sp³-hybridized carbons (Fsp3) is 0.462. The summed E-state index contributed by atoms with van der Waals surface area (Å²) >= 11 is 1.35. The standard InChI is InChI=1S/C13H17NS/c1-10-7-11(2)13(12(3)8-10)5-4-6-15-9-14/h7-8H,4-6H2,1-3H3. The fourth-order valence-electron chi connectivity index (χ4n) is 1.97. The van der Waals surface area contributed by atoms with Crippen LogP contribution in [0.1, 0.15) is 28.7 Å². The van der Waals surface area contributed by atoms with Crippen LogP contribution in [0.2, 0.25) is 0 Å². The van der Waals surface area contributed by atoms with Gasteiger partial charge in [-0.05, 0) is 62.1 Å². The molecule has 0 aliphatic heterocycles. The molecule has 0 N–H and O–H groups in total. The van der Waals surface area contributed by atoms with Crippen LogP contribution in [0.4, 0.5) is 0 Å². The van der Waals surface area contributed by atoms with Crippen molar-refractivity contribution in [2.24, 2.45) is 0 Å². The van der Waals surface area contributed by atoms with E-state index >= 15 is 0 Å². The van der Waals surface area contributed by atoms with E-state index in [0.717, 1.165) is 18.6 Å². The summed E-state index contributed by atoms with van der Waals surface area (Å²) in [5.41, 5.74) is 5.56. The maximum Gasteiger partial charge on any atom is 0.133 e. The van der Waals surface area contributed by atoms with E-state index in [2.05, 4.69) is 38.3 Å². The highest BCUT2D eigenvalue weighted by Gasteiger charge is 2.03. The summed E-state index contributed by atoms with van der Waals surface area (Å²) < 4.78 is 0. The lowest BCUT2D eigenvalue weighted by Gasteiger charge is -2.10. The van der Waals surface area contributed by atoms with Crippen LogP contribution in [0.5, 0.6) is 0 Å². The van der Waals surface area contributed by atoms with Gasteiger partial charge in [-0.3, -0.25) is 0 Å². The van der Waals surface area contributed by atoms with Crippen LogP contribution < -0.4 is 0 Å². The van der Waals surface area contributed by atoms with Crippen molar-refractivity contribution in [3.8, 4) is 5.40 Å². The minimum absolute atomic E-state index is 0.934. The van der Waals surface area contributed by atoms with Gasteiger partial charge in [-0.2, -0.15) is 5.26 Å². The second-order valence-corrected chi connectivity index (χ2v) is 4.80. The summed E-state index contributed by atoms with van der Waals surface area (Å²) in [7, 11) is 0. The smallest absolute Gasteiger partial charge is 0.133 e. The van der Waals surface area contributed by atoms with Gasteiger partial charge < -0.3 is 0 Å².